The number of urea groups is 1. The summed E-state index contributed by atoms with van der Waals surface area (Å²) in [5, 5.41) is 5.69. The van der Waals surface area contributed by atoms with E-state index in [0.717, 1.165) is 18.9 Å². The van der Waals surface area contributed by atoms with Crippen LogP contribution in [0.5, 0.6) is 0 Å². The van der Waals surface area contributed by atoms with Gasteiger partial charge in [-0.05, 0) is 48.8 Å². The maximum atomic E-state index is 13.5. The Morgan fingerprint density at radius 2 is 2.00 bits per heavy atom. The van der Waals surface area contributed by atoms with Crippen molar-refractivity contribution in [2.75, 3.05) is 5.32 Å². The maximum Gasteiger partial charge on any atom is 0.319 e. The van der Waals surface area contributed by atoms with Crippen LogP contribution in [-0.2, 0) is 0 Å². The highest BCUT2D eigenvalue weighted by molar-refractivity contribution is 5.96. The molecule has 1 aromatic rings. The molecule has 1 aliphatic rings. The number of halogens is 1. The summed E-state index contributed by atoms with van der Waals surface area (Å²) < 4.78 is 13.5. The van der Waals surface area contributed by atoms with E-state index in [1.54, 1.807) is 0 Å². The number of nitrogens with one attached hydrogen (secondary N) is 2. The van der Waals surface area contributed by atoms with Crippen molar-refractivity contribution >= 4 is 17.6 Å². The predicted molar refractivity (Wildman–Crippen MR) is 92.2 cm³/mol. The van der Waals surface area contributed by atoms with Gasteiger partial charge in [-0.1, -0.05) is 27.2 Å². The van der Waals surface area contributed by atoms with Gasteiger partial charge >= 0.3 is 6.03 Å². The molecule has 3 atom stereocenters. The second-order valence-corrected chi connectivity index (χ2v) is 7.09. The topological polar surface area (TPSA) is 84.2 Å². The van der Waals surface area contributed by atoms with Gasteiger partial charge < -0.3 is 16.4 Å². The van der Waals surface area contributed by atoms with Crippen LogP contribution in [-0.4, -0.2) is 18.0 Å². The molecule has 0 saturated heterocycles. The monoisotopic (exact) mass is 335 g/mol. The van der Waals surface area contributed by atoms with Crippen LogP contribution >= 0.6 is 0 Å². The number of carbonyl (C=O) groups excluding carboxylic acids is 2. The number of amides is 3. The lowest BCUT2D eigenvalue weighted by atomic mass is 9.74. The Kier molecular flexibility index (Phi) is 5.80. The van der Waals surface area contributed by atoms with Crippen molar-refractivity contribution in [1.82, 2.24) is 5.32 Å². The SMILES string of the molecule is CC(C)[C@H]1CC[C@@H](C)C[C@@H]1NC(=O)Nc1ccc(F)c(C(N)=O)c1. The fourth-order valence-corrected chi connectivity index (χ4v) is 3.50. The molecule has 0 radical (unpaired) electrons. The largest absolute Gasteiger partial charge is 0.366 e. The second-order valence-electron chi connectivity index (χ2n) is 7.09. The third-order valence-corrected chi connectivity index (χ3v) is 4.83. The summed E-state index contributed by atoms with van der Waals surface area (Å²) in [5.74, 6) is -0.0408. The van der Waals surface area contributed by atoms with E-state index < -0.39 is 11.7 Å². The number of hydrogen-bond donors (Lipinski definition) is 3. The minimum atomic E-state index is -0.863. The van der Waals surface area contributed by atoms with E-state index in [9.17, 15) is 14.0 Å². The third-order valence-electron chi connectivity index (χ3n) is 4.83. The standard InChI is InChI=1S/C18H26FN3O2/c1-10(2)13-6-4-11(3)8-16(13)22-18(24)21-12-5-7-15(19)14(9-12)17(20)23/h5,7,9-11,13,16H,4,6,8H2,1-3H3,(H2,20,23)(H2,21,22,24)/t11-,13-,16+/m1/s1. The van der Waals surface area contributed by atoms with Crippen LogP contribution in [0.15, 0.2) is 18.2 Å². The number of carbonyl (C=O) groups is 2. The Bertz CT molecular complexity index is 618. The molecule has 0 heterocycles. The lowest BCUT2D eigenvalue weighted by molar-refractivity contribution is 0.0996. The van der Waals surface area contributed by atoms with Crippen molar-refractivity contribution in [3.05, 3.63) is 29.6 Å². The molecular weight excluding hydrogens is 309 g/mol. The van der Waals surface area contributed by atoms with Crippen molar-refractivity contribution in [3.8, 4) is 0 Å². The average molecular weight is 335 g/mol. The summed E-state index contributed by atoms with van der Waals surface area (Å²) in [6, 6.07) is 3.55. The van der Waals surface area contributed by atoms with Gasteiger partial charge in [-0.25, -0.2) is 9.18 Å². The van der Waals surface area contributed by atoms with Crippen LogP contribution in [0.1, 0.15) is 50.4 Å². The molecule has 0 bridgehead atoms. The molecule has 0 aliphatic heterocycles. The number of primary amides is 1. The van der Waals surface area contributed by atoms with Crippen LogP contribution in [0.4, 0.5) is 14.9 Å². The minimum absolute atomic E-state index is 0.116. The Morgan fingerprint density at radius 3 is 2.62 bits per heavy atom. The molecule has 24 heavy (non-hydrogen) atoms. The molecule has 1 aliphatic carbocycles. The van der Waals surface area contributed by atoms with E-state index in [0.29, 0.717) is 23.4 Å². The molecule has 0 aromatic heterocycles. The summed E-state index contributed by atoms with van der Waals surface area (Å²) in [5.41, 5.74) is 5.23. The Balaban J connectivity index is 2.04. The van der Waals surface area contributed by atoms with Crippen LogP contribution in [0, 0.1) is 23.6 Å². The van der Waals surface area contributed by atoms with Crippen molar-refractivity contribution in [2.24, 2.45) is 23.5 Å². The zero-order valence-corrected chi connectivity index (χ0v) is 14.4. The van der Waals surface area contributed by atoms with Gasteiger partial charge in [-0.15, -0.1) is 0 Å². The Hall–Kier alpha value is -2.11. The summed E-state index contributed by atoms with van der Waals surface area (Å²) >= 11 is 0. The zero-order valence-electron chi connectivity index (χ0n) is 14.4. The average Bonchev–Trinajstić information content (AvgIpc) is 2.48. The van der Waals surface area contributed by atoms with Gasteiger partial charge in [-0.2, -0.15) is 0 Å². The molecule has 0 unspecified atom stereocenters. The number of rotatable bonds is 4. The van der Waals surface area contributed by atoms with E-state index >= 15 is 0 Å². The van der Waals surface area contributed by atoms with Crippen molar-refractivity contribution < 1.29 is 14.0 Å². The van der Waals surface area contributed by atoms with Crippen LogP contribution in [0.3, 0.4) is 0 Å². The maximum absolute atomic E-state index is 13.5. The van der Waals surface area contributed by atoms with Gasteiger partial charge in [-0.3, -0.25) is 4.79 Å². The fourth-order valence-electron chi connectivity index (χ4n) is 3.50. The quantitative estimate of drug-likeness (QED) is 0.786. The first kappa shape index (κ1) is 18.2. The van der Waals surface area contributed by atoms with E-state index in [1.165, 1.54) is 18.6 Å². The zero-order chi connectivity index (χ0) is 17.9. The van der Waals surface area contributed by atoms with Gasteiger partial charge in [0.1, 0.15) is 5.82 Å². The highest BCUT2D eigenvalue weighted by Gasteiger charge is 2.31. The molecular formula is C18H26FN3O2. The summed E-state index contributed by atoms with van der Waals surface area (Å²) in [4.78, 5) is 23.5. The smallest absolute Gasteiger partial charge is 0.319 e. The van der Waals surface area contributed by atoms with Crippen molar-refractivity contribution in [1.29, 1.82) is 0 Å². The summed E-state index contributed by atoms with van der Waals surface area (Å²) in [6.45, 7) is 6.54. The molecule has 4 N–H and O–H groups in total. The van der Waals surface area contributed by atoms with Gasteiger partial charge in [0.25, 0.3) is 5.91 Å². The van der Waals surface area contributed by atoms with E-state index in [-0.39, 0.29) is 17.6 Å². The summed E-state index contributed by atoms with van der Waals surface area (Å²) in [7, 11) is 0. The second kappa shape index (κ2) is 7.64. The van der Waals surface area contributed by atoms with Crippen molar-refractivity contribution in [2.45, 2.75) is 46.1 Å². The van der Waals surface area contributed by atoms with Gasteiger partial charge in [0.05, 0.1) is 5.56 Å². The molecule has 1 aromatic carbocycles. The van der Waals surface area contributed by atoms with Gasteiger partial charge in [0.15, 0.2) is 0 Å². The highest BCUT2D eigenvalue weighted by Crippen LogP contribution is 2.33. The first-order chi connectivity index (χ1) is 11.3. The van der Waals surface area contributed by atoms with E-state index in [1.807, 2.05) is 0 Å². The molecule has 5 nitrogen and oxygen atoms in total. The minimum Gasteiger partial charge on any atom is -0.366 e. The van der Waals surface area contributed by atoms with E-state index in [4.69, 9.17) is 5.73 Å². The number of nitrogens with two attached hydrogens (primary N) is 1. The Labute approximate surface area is 142 Å². The first-order valence-electron chi connectivity index (χ1n) is 8.44. The van der Waals surface area contributed by atoms with Crippen molar-refractivity contribution in [3.63, 3.8) is 0 Å². The molecule has 2 rings (SSSR count). The third kappa shape index (κ3) is 4.46. The molecule has 6 heteroatoms. The van der Waals surface area contributed by atoms with Crippen LogP contribution in [0.2, 0.25) is 0 Å². The van der Waals surface area contributed by atoms with E-state index in [2.05, 4.69) is 31.4 Å². The molecule has 0 spiro atoms. The lowest BCUT2D eigenvalue weighted by Gasteiger charge is -2.37. The number of benzene rings is 1. The van der Waals surface area contributed by atoms with Crippen LogP contribution < -0.4 is 16.4 Å². The van der Waals surface area contributed by atoms with Crippen LogP contribution in [0.25, 0.3) is 0 Å². The Morgan fingerprint density at radius 1 is 1.29 bits per heavy atom. The predicted octanol–water partition coefficient (Wildman–Crippen LogP) is 3.51. The van der Waals surface area contributed by atoms with Gasteiger partial charge in [0, 0.05) is 11.7 Å². The first-order valence-corrected chi connectivity index (χ1v) is 8.44. The number of hydrogen-bond acceptors (Lipinski definition) is 2. The molecule has 3 amide bonds. The highest BCUT2D eigenvalue weighted by atomic mass is 19.1. The lowest BCUT2D eigenvalue weighted by Crippen LogP contribution is -2.47. The normalized spacial score (nSPS) is 23.8. The fraction of sp³-hybridized carbons (Fsp3) is 0.556. The number of anilines is 1. The molecule has 1 saturated carbocycles. The van der Waals surface area contributed by atoms with Gasteiger partial charge in [0.2, 0.25) is 0 Å². The molecule has 132 valence electrons. The summed E-state index contributed by atoms with van der Waals surface area (Å²) in [6.07, 6.45) is 3.24. The molecule has 1 fully saturated rings.